The Labute approximate surface area is 181 Å². The lowest BCUT2D eigenvalue weighted by Crippen LogP contribution is -2.26. The van der Waals surface area contributed by atoms with E-state index >= 15 is 0 Å². The summed E-state index contributed by atoms with van der Waals surface area (Å²) in [4.78, 5) is 40.0. The summed E-state index contributed by atoms with van der Waals surface area (Å²) in [7, 11) is 1.26. The zero-order valence-electron chi connectivity index (χ0n) is 18.5. The number of hydrogen-bond acceptors (Lipinski definition) is 6. The van der Waals surface area contributed by atoms with Gasteiger partial charge in [-0.25, -0.2) is 9.59 Å². The number of nitrogens with one attached hydrogen (secondary N) is 1. The van der Waals surface area contributed by atoms with Gasteiger partial charge in [-0.15, -0.1) is 0 Å². The minimum Gasteiger partial charge on any atom is -0.465 e. The van der Waals surface area contributed by atoms with Crippen LogP contribution >= 0.6 is 0 Å². The van der Waals surface area contributed by atoms with Crippen LogP contribution in [0.5, 0.6) is 0 Å². The molecule has 0 aliphatic heterocycles. The number of ether oxygens (including phenoxy) is 2. The molecule has 0 spiro atoms. The summed E-state index contributed by atoms with van der Waals surface area (Å²) in [6.45, 7) is 8.82. The maximum Gasteiger partial charge on any atom is 0.349 e. The van der Waals surface area contributed by atoms with E-state index in [4.69, 9.17) is 9.47 Å². The van der Waals surface area contributed by atoms with Crippen LogP contribution < -0.4 is 0 Å². The number of H-pyrrole nitrogens is 1. The molecule has 31 heavy (non-hydrogen) atoms. The van der Waals surface area contributed by atoms with Gasteiger partial charge >= 0.3 is 11.9 Å². The van der Waals surface area contributed by atoms with Gasteiger partial charge in [0.1, 0.15) is 11.6 Å². The average Bonchev–Trinajstić information content (AvgIpc) is 3.04. The summed E-state index contributed by atoms with van der Waals surface area (Å²) < 4.78 is 9.97. The van der Waals surface area contributed by atoms with Crippen LogP contribution in [0.1, 0.15) is 69.9 Å². The second kappa shape index (κ2) is 9.90. The molecule has 0 aliphatic carbocycles. The molecule has 1 heterocycles. The molecule has 0 amide bonds. The minimum absolute atomic E-state index is 0.157. The Morgan fingerprint density at radius 2 is 1.71 bits per heavy atom. The van der Waals surface area contributed by atoms with E-state index in [1.54, 1.807) is 13.8 Å². The first kappa shape index (κ1) is 23.6. The zero-order valence-corrected chi connectivity index (χ0v) is 18.5. The molecular formula is C24H26N2O5. The third-order valence-electron chi connectivity index (χ3n) is 4.98. The highest BCUT2D eigenvalue weighted by atomic mass is 16.5. The van der Waals surface area contributed by atoms with Crippen molar-refractivity contribution < 1.29 is 23.9 Å². The number of carbonyl (C=O) groups is 3. The van der Waals surface area contributed by atoms with Gasteiger partial charge in [-0.1, -0.05) is 38.1 Å². The Bertz CT molecular complexity index is 1070. The largest absolute Gasteiger partial charge is 0.465 e. The Morgan fingerprint density at radius 1 is 1.10 bits per heavy atom. The van der Waals surface area contributed by atoms with Gasteiger partial charge in [-0.05, 0) is 49.5 Å². The molecule has 2 aromatic rings. The Kier molecular flexibility index (Phi) is 7.54. The number of aromatic nitrogens is 1. The summed E-state index contributed by atoms with van der Waals surface area (Å²) in [5, 5.41) is 9.38. The monoisotopic (exact) mass is 422 g/mol. The molecule has 1 atom stereocenters. The SMILES string of the molecule is COC(=O)c1c(C)[nH]c(C(=O)[C@H](C)OC(=O)/C(C#N)=C/c2ccc(C(C)C)cc2)c1C. The number of nitrogens with zero attached hydrogens (tertiary/aromatic N) is 1. The Morgan fingerprint density at radius 3 is 2.23 bits per heavy atom. The van der Waals surface area contributed by atoms with E-state index in [1.807, 2.05) is 30.3 Å². The van der Waals surface area contributed by atoms with Gasteiger partial charge in [-0.3, -0.25) is 4.79 Å². The molecule has 0 radical (unpaired) electrons. The number of aromatic amines is 1. The van der Waals surface area contributed by atoms with Gasteiger partial charge in [0.2, 0.25) is 5.78 Å². The number of esters is 2. The van der Waals surface area contributed by atoms with Crippen molar-refractivity contribution in [3.8, 4) is 6.07 Å². The number of ketones is 1. The van der Waals surface area contributed by atoms with Crippen LogP contribution in [-0.4, -0.2) is 35.9 Å². The van der Waals surface area contributed by atoms with Crippen molar-refractivity contribution in [2.75, 3.05) is 7.11 Å². The smallest absolute Gasteiger partial charge is 0.349 e. The Balaban J connectivity index is 2.19. The first-order valence-electron chi connectivity index (χ1n) is 9.85. The van der Waals surface area contributed by atoms with Crippen LogP contribution in [0.4, 0.5) is 0 Å². The van der Waals surface area contributed by atoms with Crippen molar-refractivity contribution in [2.45, 2.75) is 46.6 Å². The van der Waals surface area contributed by atoms with Crippen LogP contribution in [-0.2, 0) is 14.3 Å². The lowest BCUT2D eigenvalue weighted by Gasteiger charge is -2.12. The molecule has 2 rings (SSSR count). The molecule has 0 saturated heterocycles. The van der Waals surface area contributed by atoms with Gasteiger partial charge in [0.25, 0.3) is 0 Å². The molecule has 0 unspecified atom stereocenters. The van der Waals surface area contributed by atoms with E-state index in [9.17, 15) is 19.6 Å². The lowest BCUT2D eigenvalue weighted by molar-refractivity contribution is -0.141. The van der Waals surface area contributed by atoms with Crippen LogP contribution in [0.25, 0.3) is 6.08 Å². The standard InChI is InChI=1S/C24H26N2O5/c1-13(2)18-9-7-17(8-10-18)11-19(12-25)23(28)31-16(5)22(27)21-14(3)20(15(4)26-21)24(29)30-6/h7-11,13,16,26H,1-6H3/b19-11+/t16-/m0/s1. The normalized spacial score (nSPS) is 12.3. The fourth-order valence-electron chi connectivity index (χ4n) is 3.17. The van der Waals surface area contributed by atoms with Crippen molar-refractivity contribution in [3.63, 3.8) is 0 Å². The molecular weight excluding hydrogens is 396 g/mol. The molecule has 1 aromatic carbocycles. The summed E-state index contributed by atoms with van der Waals surface area (Å²) >= 11 is 0. The number of Topliss-reactive ketones (excluding diaryl/α,β-unsaturated/α-hetero) is 1. The second-order valence-corrected chi connectivity index (χ2v) is 7.52. The van der Waals surface area contributed by atoms with E-state index in [0.29, 0.717) is 22.7 Å². The molecule has 162 valence electrons. The second-order valence-electron chi connectivity index (χ2n) is 7.52. The lowest BCUT2D eigenvalue weighted by atomic mass is 10.0. The van der Waals surface area contributed by atoms with Crippen molar-refractivity contribution in [3.05, 3.63) is 63.5 Å². The van der Waals surface area contributed by atoms with E-state index in [2.05, 4.69) is 18.8 Å². The molecule has 1 N–H and O–H groups in total. The number of nitriles is 1. The summed E-state index contributed by atoms with van der Waals surface area (Å²) in [5.41, 5.74) is 2.92. The number of aryl methyl sites for hydroxylation is 1. The van der Waals surface area contributed by atoms with E-state index in [0.717, 1.165) is 5.56 Å². The maximum atomic E-state index is 12.8. The topological polar surface area (TPSA) is 109 Å². The third kappa shape index (κ3) is 5.28. The first-order chi connectivity index (χ1) is 14.6. The van der Waals surface area contributed by atoms with Crippen molar-refractivity contribution in [1.82, 2.24) is 4.98 Å². The molecule has 0 fully saturated rings. The van der Waals surface area contributed by atoms with Gasteiger partial charge < -0.3 is 14.5 Å². The number of hydrogen-bond donors (Lipinski definition) is 1. The molecule has 1 aromatic heterocycles. The predicted octanol–water partition coefficient (Wildman–Crippen LogP) is 4.26. The summed E-state index contributed by atoms with van der Waals surface area (Å²) in [5.74, 6) is -1.61. The summed E-state index contributed by atoms with van der Waals surface area (Å²) in [6.07, 6.45) is 0.262. The van der Waals surface area contributed by atoms with Gasteiger partial charge in [-0.2, -0.15) is 5.26 Å². The fraction of sp³-hybridized carbons (Fsp3) is 0.333. The summed E-state index contributed by atoms with van der Waals surface area (Å²) in [6, 6.07) is 9.31. The molecule has 7 nitrogen and oxygen atoms in total. The molecule has 7 heteroatoms. The highest BCUT2D eigenvalue weighted by Crippen LogP contribution is 2.21. The van der Waals surface area contributed by atoms with Crippen molar-refractivity contribution in [2.24, 2.45) is 0 Å². The Hall–Kier alpha value is -3.66. The van der Waals surface area contributed by atoms with Crippen LogP contribution in [0.2, 0.25) is 0 Å². The van der Waals surface area contributed by atoms with Gasteiger partial charge in [0.05, 0.1) is 18.4 Å². The number of methoxy groups -OCH3 is 1. The van der Waals surface area contributed by atoms with Gasteiger partial charge in [0.15, 0.2) is 6.10 Å². The van der Waals surface area contributed by atoms with E-state index in [1.165, 1.54) is 20.1 Å². The highest BCUT2D eigenvalue weighted by Gasteiger charge is 2.28. The predicted molar refractivity (Wildman–Crippen MR) is 116 cm³/mol. The number of benzene rings is 1. The average molecular weight is 422 g/mol. The highest BCUT2D eigenvalue weighted by molar-refractivity contribution is 6.05. The maximum absolute atomic E-state index is 12.8. The number of carbonyl (C=O) groups excluding carboxylic acids is 3. The van der Waals surface area contributed by atoms with Crippen molar-refractivity contribution in [1.29, 1.82) is 5.26 Å². The van der Waals surface area contributed by atoms with Crippen molar-refractivity contribution >= 4 is 23.8 Å². The fourth-order valence-corrected chi connectivity index (χ4v) is 3.17. The zero-order chi connectivity index (χ0) is 23.3. The first-order valence-corrected chi connectivity index (χ1v) is 9.85. The van der Waals surface area contributed by atoms with Gasteiger partial charge in [0, 0.05) is 5.69 Å². The molecule has 0 aliphatic rings. The third-order valence-corrected chi connectivity index (χ3v) is 4.98. The van der Waals surface area contributed by atoms with E-state index < -0.39 is 23.8 Å². The number of rotatable bonds is 7. The van der Waals surface area contributed by atoms with E-state index in [-0.39, 0.29) is 16.8 Å². The van der Waals surface area contributed by atoms with Crippen LogP contribution in [0.15, 0.2) is 29.8 Å². The molecule has 0 saturated carbocycles. The quantitative estimate of drug-likeness (QED) is 0.309. The van der Waals surface area contributed by atoms with Crippen LogP contribution in [0.3, 0.4) is 0 Å². The minimum atomic E-state index is -1.16. The van der Waals surface area contributed by atoms with Crippen LogP contribution in [0, 0.1) is 25.2 Å². The molecule has 0 bridgehead atoms.